The highest BCUT2D eigenvalue weighted by atomic mass is 32.1. The van der Waals surface area contributed by atoms with Gasteiger partial charge in [-0.05, 0) is 17.8 Å². The molecule has 0 radical (unpaired) electrons. The summed E-state index contributed by atoms with van der Waals surface area (Å²) >= 11 is 1.17. The van der Waals surface area contributed by atoms with E-state index in [2.05, 4.69) is 10.2 Å². The van der Waals surface area contributed by atoms with Gasteiger partial charge in [0.2, 0.25) is 5.13 Å². The highest BCUT2D eigenvalue weighted by molar-refractivity contribution is 7.16. The average molecular weight is 189 g/mol. The summed E-state index contributed by atoms with van der Waals surface area (Å²) < 4.78 is 17.5. The molecule has 1 aromatic heterocycles. The zero-order valence-electron chi connectivity index (χ0n) is 6.24. The van der Waals surface area contributed by atoms with Crippen LogP contribution in [0.5, 0.6) is 5.19 Å². The maximum Gasteiger partial charge on any atom is 0.295 e. The SMILES string of the molecule is Nc1nnc(OCC2CC2F)s1. The first-order valence-electron chi connectivity index (χ1n) is 3.61. The van der Waals surface area contributed by atoms with Crippen molar-refractivity contribution in [2.75, 3.05) is 12.3 Å². The molecule has 12 heavy (non-hydrogen) atoms. The third-order valence-electron chi connectivity index (χ3n) is 1.68. The smallest absolute Gasteiger partial charge is 0.295 e. The minimum atomic E-state index is -0.685. The summed E-state index contributed by atoms with van der Waals surface area (Å²) in [5.74, 6) is 0.0510. The van der Waals surface area contributed by atoms with Gasteiger partial charge >= 0.3 is 0 Å². The Balaban J connectivity index is 1.80. The second kappa shape index (κ2) is 2.85. The van der Waals surface area contributed by atoms with Crippen LogP contribution in [-0.2, 0) is 0 Å². The van der Waals surface area contributed by atoms with Gasteiger partial charge in [0.25, 0.3) is 5.19 Å². The van der Waals surface area contributed by atoms with E-state index in [1.165, 1.54) is 11.3 Å². The van der Waals surface area contributed by atoms with E-state index in [9.17, 15) is 4.39 Å². The molecule has 0 amide bonds. The second-order valence-electron chi connectivity index (χ2n) is 2.73. The van der Waals surface area contributed by atoms with Crippen LogP contribution >= 0.6 is 11.3 Å². The Labute approximate surface area is 72.6 Å². The molecular formula is C6H8FN3OS. The summed E-state index contributed by atoms with van der Waals surface area (Å²) in [4.78, 5) is 0. The minimum absolute atomic E-state index is 0.0510. The molecule has 0 bridgehead atoms. The Bertz CT molecular complexity index is 280. The van der Waals surface area contributed by atoms with E-state index in [1.54, 1.807) is 0 Å². The Kier molecular flexibility index (Phi) is 1.84. The first-order valence-corrected chi connectivity index (χ1v) is 4.43. The lowest BCUT2D eigenvalue weighted by molar-refractivity contribution is 0.276. The summed E-state index contributed by atoms with van der Waals surface area (Å²) in [6, 6.07) is 0. The number of halogens is 1. The normalized spacial score (nSPS) is 27.1. The van der Waals surface area contributed by atoms with Crippen LogP contribution in [0, 0.1) is 5.92 Å². The zero-order chi connectivity index (χ0) is 8.55. The van der Waals surface area contributed by atoms with E-state index in [-0.39, 0.29) is 5.92 Å². The van der Waals surface area contributed by atoms with Crippen molar-refractivity contribution in [1.82, 2.24) is 10.2 Å². The van der Waals surface area contributed by atoms with Crippen molar-refractivity contribution in [3.63, 3.8) is 0 Å². The van der Waals surface area contributed by atoms with Gasteiger partial charge in [-0.1, -0.05) is 5.10 Å². The molecule has 1 heterocycles. The van der Waals surface area contributed by atoms with E-state index in [0.717, 1.165) is 0 Å². The lowest BCUT2D eigenvalue weighted by atomic mass is 10.5. The van der Waals surface area contributed by atoms with Gasteiger partial charge in [-0.3, -0.25) is 0 Å². The van der Waals surface area contributed by atoms with Gasteiger partial charge in [0.15, 0.2) is 0 Å². The predicted molar refractivity (Wildman–Crippen MR) is 42.8 cm³/mol. The Morgan fingerprint density at radius 1 is 1.67 bits per heavy atom. The molecule has 2 rings (SSSR count). The van der Waals surface area contributed by atoms with Gasteiger partial charge in [-0.25, -0.2) is 4.39 Å². The number of hydrogen-bond donors (Lipinski definition) is 1. The second-order valence-corrected chi connectivity index (χ2v) is 3.70. The third-order valence-corrected chi connectivity index (χ3v) is 2.34. The summed E-state index contributed by atoms with van der Waals surface area (Å²) in [5.41, 5.74) is 5.32. The van der Waals surface area contributed by atoms with Gasteiger partial charge in [0.1, 0.15) is 6.17 Å². The van der Waals surface area contributed by atoms with Crippen LogP contribution < -0.4 is 10.5 Å². The van der Waals surface area contributed by atoms with Crippen LogP contribution in [0.3, 0.4) is 0 Å². The largest absolute Gasteiger partial charge is 0.468 e. The van der Waals surface area contributed by atoms with Crippen LogP contribution in [0.4, 0.5) is 9.52 Å². The van der Waals surface area contributed by atoms with Crippen molar-refractivity contribution < 1.29 is 9.13 Å². The molecule has 6 heteroatoms. The van der Waals surface area contributed by atoms with E-state index in [1.807, 2.05) is 0 Å². The molecule has 1 fully saturated rings. The molecule has 0 aliphatic heterocycles. The third kappa shape index (κ3) is 1.63. The van der Waals surface area contributed by atoms with Crippen LogP contribution in [0.1, 0.15) is 6.42 Å². The minimum Gasteiger partial charge on any atom is -0.468 e. The molecule has 2 atom stereocenters. The average Bonchev–Trinajstić information content (AvgIpc) is 2.56. The van der Waals surface area contributed by atoms with Gasteiger partial charge in [0.05, 0.1) is 6.61 Å². The molecule has 1 aromatic rings. The number of nitrogen functional groups attached to an aromatic ring is 1. The first-order chi connectivity index (χ1) is 5.75. The Morgan fingerprint density at radius 3 is 2.92 bits per heavy atom. The number of ether oxygens (including phenoxy) is 1. The molecule has 2 N–H and O–H groups in total. The molecular weight excluding hydrogens is 181 g/mol. The molecule has 2 unspecified atom stereocenters. The molecule has 4 nitrogen and oxygen atoms in total. The lowest BCUT2D eigenvalue weighted by Gasteiger charge is -1.96. The summed E-state index contributed by atoms with van der Waals surface area (Å²) in [5, 5.41) is 8.00. The molecule has 1 saturated carbocycles. The number of hydrogen-bond acceptors (Lipinski definition) is 5. The van der Waals surface area contributed by atoms with Crippen molar-refractivity contribution >= 4 is 16.5 Å². The molecule has 1 aliphatic rings. The fourth-order valence-electron chi connectivity index (χ4n) is 0.840. The first kappa shape index (κ1) is 7.72. The van der Waals surface area contributed by atoms with E-state index < -0.39 is 6.17 Å². The molecule has 0 spiro atoms. The number of nitrogens with zero attached hydrogens (tertiary/aromatic N) is 2. The number of alkyl halides is 1. The van der Waals surface area contributed by atoms with E-state index in [0.29, 0.717) is 23.4 Å². The maximum atomic E-state index is 12.3. The Morgan fingerprint density at radius 2 is 2.42 bits per heavy atom. The van der Waals surface area contributed by atoms with Crippen molar-refractivity contribution in [2.24, 2.45) is 5.92 Å². The van der Waals surface area contributed by atoms with E-state index in [4.69, 9.17) is 10.5 Å². The van der Waals surface area contributed by atoms with Crippen LogP contribution in [0.2, 0.25) is 0 Å². The molecule has 0 saturated heterocycles. The van der Waals surface area contributed by atoms with Crippen LogP contribution in [0.25, 0.3) is 0 Å². The van der Waals surface area contributed by atoms with Gasteiger partial charge in [-0.2, -0.15) is 0 Å². The standard InChI is InChI=1S/C6H8FN3OS/c7-4-1-3(4)2-11-6-10-9-5(8)12-6/h3-4H,1-2H2,(H2,8,9). The van der Waals surface area contributed by atoms with Gasteiger partial charge in [0, 0.05) is 5.92 Å². The number of nitrogens with two attached hydrogens (primary N) is 1. The summed E-state index contributed by atoms with van der Waals surface area (Å²) in [7, 11) is 0. The summed E-state index contributed by atoms with van der Waals surface area (Å²) in [6.45, 7) is 0.385. The zero-order valence-corrected chi connectivity index (χ0v) is 7.05. The lowest BCUT2D eigenvalue weighted by Crippen LogP contribution is -2.00. The number of anilines is 1. The number of rotatable bonds is 3. The highest BCUT2D eigenvalue weighted by Crippen LogP contribution is 2.34. The van der Waals surface area contributed by atoms with Crippen molar-refractivity contribution in [2.45, 2.75) is 12.6 Å². The maximum absolute atomic E-state index is 12.3. The predicted octanol–water partition coefficient (Wildman–Crippen LogP) is 0.857. The van der Waals surface area contributed by atoms with Crippen LogP contribution in [-0.4, -0.2) is 23.0 Å². The monoisotopic (exact) mass is 189 g/mol. The van der Waals surface area contributed by atoms with Crippen molar-refractivity contribution in [1.29, 1.82) is 0 Å². The van der Waals surface area contributed by atoms with E-state index >= 15 is 0 Å². The topological polar surface area (TPSA) is 61.0 Å². The Hall–Kier alpha value is -0.910. The van der Waals surface area contributed by atoms with Gasteiger partial charge in [-0.15, -0.1) is 5.10 Å². The summed E-state index contributed by atoms with van der Waals surface area (Å²) in [6.07, 6.45) is -0.0795. The highest BCUT2D eigenvalue weighted by Gasteiger charge is 2.38. The molecule has 1 aliphatic carbocycles. The number of aromatic nitrogens is 2. The van der Waals surface area contributed by atoms with Gasteiger partial charge < -0.3 is 10.5 Å². The van der Waals surface area contributed by atoms with Crippen molar-refractivity contribution in [3.8, 4) is 5.19 Å². The fraction of sp³-hybridized carbons (Fsp3) is 0.667. The molecule has 0 aromatic carbocycles. The fourth-order valence-corrected chi connectivity index (χ4v) is 1.31. The van der Waals surface area contributed by atoms with Crippen LogP contribution in [0.15, 0.2) is 0 Å². The van der Waals surface area contributed by atoms with Crippen molar-refractivity contribution in [3.05, 3.63) is 0 Å². The molecule has 66 valence electrons. The quantitative estimate of drug-likeness (QED) is 0.766.